The molecular formula is C16H20N2O3S. The molecule has 0 saturated heterocycles. The minimum absolute atomic E-state index is 0.255. The number of benzene rings is 1. The average Bonchev–Trinajstić information content (AvgIpc) is 2.90. The van der Waals surface area contributed by atoms with Gasteiger partial charge in [0.05, 0.1) is 11.9 Å². The first kappa shape index (κ1) is 16.5. The third-order valence-corrected chi connectivity index (χ3v) is 3.93. The summed E-state index contributed by atoms with van der Waals surface area (Å²) in [4.78, 5) is 12.1. The Hall–Kier alpha value is -1.92. The molecule has 0 unspecified atom stereocenters. The summed E-state index contributed by atoms with van der Waals surface area (Å²) < 4.78 is 6.80. The molecule has 0 atom stereocenters. The molecule has 1 heterocycles. The monoisotopic (exact) mass is 320 g/mol. The molecule has 5 nitrogen and oxygen atoms in total. The van der Waals surface area contributed by atoms with Gasteiger partial charge in [-0.1, -0.05) is 17.7 Å². The Labute approximate surface area is 134 Å². The van der Waals surface area contributed by atoms with Gasteiger partial charge in [-0.3, -0.25) is 4.31 Å². The highest BCUT2D eigenvalue weighted by Crippen LogP contribution is 2.29. The molecule has 0 bridgehead atoms. The Morgan fingerprint density at radius 1 is 1.32 bits per heavy atom. The molecule has 0 radical (unpaired) electrons. The fourth-order valence-corrected chi connectivity index (χ4v) is 2.37. The largest absolute Gasteiger partial charge is 0.456 e. The highest BCUT2D eigenvalue weighted by Gasteiger charge is 2.20. The van der Waals surface area contributed by atoms with Crippen molar-refractivity contribution >= 4 is 23.7 Å². The van der Waals surface area contributed by atoms with Crippen molar-refractivity contribution in [3.05, 3.63) is 47.7 Å². The molecule has 22 heavy (non-hydrogen) atoms. The Morgan fingerprint density at radius 3 is 2.50 bits per heavy atom. The lowest BCUT2D eigenvalue weighted by atomic mass is 10.0. The summed E-state index contributed by atoms with van der Waals surface area (Å²) in [5.41, 5.74) is 1.57. The predicted octanol–water partition coefficient (Wildman–Crippen LogP) is 3.99. The molecule has 1 aromatic heterocycles. The first-order valence-electron chi connectivity index (χ1n) is 6.86. The van der Waals surface area contributed by atoms with Gasteiger partial charge in [-0.05, 0) is 39.0 Å². The van der Waals surface area contributed by atoms with Crippen molar-refractivity contribution in [1.82, 2.24) is 4.31 Å². The first-order valence-corrected chi connectivity index (χ1v) is 7.64. The number of nitrogens with zero attached hydrogens (tertiary/aromatic N) is 1. The Morgan fingerprint density at radius 2 is 1.95 bits per heavy atom. The van der Waals surface area contributed by atoms with Gasteiger partial charge in [-0.25, -0.2) is 4.79 Å². The number of furan rings is 1. The zero-order chi connectivity index (χ0) is 16.3. The number of urea groups is 1. The second-order valence-corrected chi connectivity index (χ2v) is 6.73. The topological polar surface area (TPSA) is 65.7 Å². The number of carbonyl (C=O) groups is 1. The van der Waals surface area contributed by atoms with Gasteiger partial charge in [0.15, 0.2) is 5.09 Å². The standard InChI is InChI=1S/C16H20N2O3S/c1-11-5-7-13(8-6-11)17-15(19)18(4)22-14-9-12(10-21-14)16(2,3)20/h5-10,20H,1-4H3,(H,17,19). The Kier molecular flexibility index (Phi) is 4.83. The lowest BCUT2D eigenvalue weighted by molar-refractivity contribution is 0.0779. The highest BCUT2D eigenvalue weighted by molar-refractivity contribution is 7.97. The van der Waals surface area contributed by atoms with Crippen molar-refractivity contribution in [3.8, 4) is 0 Å². The number of hydrogen-bond acceptors (Lipinski definition) is 4. The summed E-state index contributed by atoms with van der Waals surface area (Å²) in [6.45, 7) is 5.35. The number of amides is 2. The van der Waals surface area contributed by atoms with Crippen molar-refractivity contribution < 1.29 is 14.3 Å². The van der Waals surface area contributed by atoms with Crippen molar-refractivity contribution in [2.75, 3.05) is 12.4 Å². The summed E-state index contributed by atoms with van der Waals surface area (Å²) >= 11 is 1.15. The van der Waals surface area contributed by atoms with Gasteiger partial charge in [-0.2, -0.15) is 0 Å². The molecule has 2 aromatic rings. The van der Waals surface area contributed by atoms with Gasteiger partial charge in [0.2, 0.25) is 0 Å². The summed E-state index contributed by atoms with van der Waals surface area (Å²) in [6.07, 6.45) is 1.49. The predicted molar refractivity (Wildman–Crippen MR) is 87.8 cm³/mol. The van der Waals surface area contributed by atoms with Crippen LogP contribution in [0.25, 0.3) is 0 Å². The van der Waals surface area contributed by atoms with E-state index >= 15 is 0 Å². The van der Waals surface area contributed by atoms with Crippen LogP contribution in [-0.4, -0.2) is 22.5 Å². The maximum absolute atomic E-state index is 12.1. The third kappa shape index (κ3) is 4.29. The molecule has 0 aliphatic heterocycles. The molecule has 0 aliphatic rings. The molecule has 0 saturated carbocycles. The number of anilines is 1. The van der Waals surface area contributed by atoms with E-state index in [1.165, 1.54) is 10.6 Å². The van der Waals surface area contributed by atoms with Crippen LogP contribution in [0.5, 0.6) is 0 Å². The van der Waals surface area contributed by atoms with E-state index in [1.807, 2.05) is 31.2 Å². The van der Waals surface area contributed by atoms with Gasteiger partial charge in [0, 0.05) is 30.2 Å². The quantitative estimate of drug-likeness (QED) is 0.836. The molecule has 6 heteroatoms. The number of nitrogens with one attached hydrogen (secondary N) is 1. The van der Waals surface area contributed by atoms with Crippen LogP contribution in [0, 0.1) is 6.92 Å². The molecule has 0 fully saturated rings. The number of rotatable bonds is 4. The van der Waals surface area contributed by atoms with Gasteiger partial charge >= 0.3 is 6.03 Å². The van der Waals surface area contributed by atoms with Crippen LogP contribution in [0.1, 0.15) is 25.0 Å². The van der Waals surface area contributed by atoms with E-state index in [-0.39, 0.29) is 6.03 Å². The van der Waals surface area contributed by atoms with Crippen molar-refractivity contribution in [3.63, 3.8) is 0 Å². The molecule has 1 aromatic carbocycles. The van der Waals surface area contributed by atoms with Crippen molar-refractivity contribution in [2.45, 2.75) is 31.5 Å². The van der Waals surface area contributed by atoms with Crippen LogP contribution in [0.2, 0.25) is 0 Å². The zero-order valence-electron chi connectivity index (χ0n) is 13.1. The summed E-state index contributed by atoms with van der Waals surface area (Å²) in [6, 6.07) is 9.04. The molecule has 2 N–H and O–H groups in total. The molecule has 0 spiro atoms. The molecular weight excluding hydrogens is 300 g/mol. The number of hydrogen-bond donors (Lipinski definition) is 2. The van der Waals surface area contributed by atoms with Gasteiger partial charge in [0.1, 0.15) is 0 Å². The minimum atomic E-state index is -0.967. The molecule has 2 amide bonds. The molecule has 2 rings (SSSR count). The number of aliphatic hydroxyl groups is 1. The van der Waals surface area contributed by atoms with Crippen molar-refractivity contribution in [2.24, 2.45) is 0 Å². The highest BCUT2D eigenvalue weighted by atomic mass is 32.2. The SMILES string of the molecule is Cc1ccc(NC(=O)N(C)Sc2cc(C(C)(C)O)co2)cc1. The minimum Gasteiger partial charge on any atom is -0.456 e. The van der Waals surface area contributed by atoms with Crippen LogP contribution in [0.3, 0.4) is 0 Å². The lowest BCUT2D eigenvalue weighted by Gasteiger charge is -2.15. The second kappa shape index (κ2) is 6.46. The van der Waals surface area contributed by atoms with Crippen LogP contribution >= 0.6 is 11.9 Å². The van der Waals surface area contributed by atoms with Gasteiger partial charge in [-0.15, -0.1) is 0 Å². The average molecular weight is 320 g/mol. The van der Waals surface area contributed by atoms with E-state index in [2.05, 4.69) is 5.32 Å². The molecule has 118 valence electrons. The fourth-order valence-electron chi connectivity index (χ4n) is 1.70. The van der Waals surface area contributed by atoms with Crippen molar-refractivity contribution in [1.29, 1.82) is 0 Å². The maximum Gasteiger partial charge on any atom is 0.331 e. The van der Waals surface area contributed by atoms with Crippen LogP contribution in [0.15, 0.2) is 46.1 Å². The van der Waals surface area contributed by atoms with E-state index < -0.39 is 5.60 Å². The second-order valence-electron chi connectivity index (χ2n) is 5.60. The number of carbonyl (C=O) groups excluding carboxylic acids is 1. The van der Waals surface area contributed by atoms with Crippen LogP contribution < -0.4 is 5.32 Å². The van der Waals surface area contributed by atoms with E-state index in [0.29, 0.717) is 10.7 Å². The summed E-state index contributed by atoms with van der Waals surface area (Å²) in [7, 11) is 1.65. The first-order chi connectivity index (χ1) is 10.3. The summed E-state index contributed by atoms with van der Waals surface area (Å²) in [5.74, 6) is 0. The maximum atomic E-state index is 12.1. The van der Waals surface area contributed by atoms with Gasteiger partial charge < -0.3 is 14.8 Å². The molecule has 0 aliphatic carbocycles. The van der Waals surface area contributed by atoms with E-state index in [4.69, 9.17) is 4.42 Å². The Bertz CT molecular complexity index is 644. The Balaban J connectivity index is 1.96. The lowest BCUT2D eigenvalue weighted by Crippen LogP contribution is -2.25. The smallest absolute Gasteiger partial charge is 0.331 e. The van der Waals surface area contributed by atoms with E-state index in [0.717, 1.165) is 23.2 Å². The zero-order valence-corrected chi connectivity index (χ0v) is 13.9. The van der Waals surface area contributed by atoms with Gasteiger partial charge in [0.25, 0.3) is 0 Å². The fraction of sp³-hybridized carbons (Fsp3) is 0.312. The van der Waals surface area contributed by atoms with E-state index in [9.17, 15) is 9.90 Å². The normalized spacial score (nSPS) is 11.3. The third-order valence-electron chi connectivity index (χ3n) is 3.10. The van der Waals surface area contributed by atoms with Crippen LogP contribution in [-0.2, 0) is 5.60 Å². The number of aryl methyl sites for hydroxylation is 1. The van der Waals surface area contributed by atoms with E-state index in [1.54, 1.807) is 27.0 Å². The summed E-state index contributed by atoms with van der Waals surface area (Å²) in [5, 5.41) is 13.2. The van der Waals surface area contributed by atoms with Crippen LogP contribution in [0.4, 0.5) is 10.5 Å².